The van der Waals surface area contributed by atoms with Crippen molar-refractivity contribution in [1.82, 2.24) is 5.32 Å². The van der Waals surface area contributed by atoms with Crippen molar-refractivity contribution in [3.05, 3.63) is 23.7 Å². The molecule has 0 aliphatic rings. The van der Waals surface area contributed by atoms with E-state index in [1.165, 1.54) is 6.07 Å². The van der Waals surface area contributed by atoms with Crippen LogP contribution >= 0.6 is 0 Å². The highest BCUT2D eigenvalue weighted by Gasteiger charge is 2.24. The van der Waals surface area contributed by atoms with Gasteiger partial charge in [-0.1, -0.05) is 6.92 Å². The van der Waals surface area contributed by atoms with E-state index in [4.69, 9.17) is 14.6 Å². The van der Waals surface area contributed by atoms with Crippen LogP contribution < -0.4 is 5.32 Å². The van der Waals surface area contributed by atoms with Crippen molar-refractivity contribution in [2.75, 3.05) is 0 Å². The van der Waals surface area contributed by atoms with Crippen molar-refractivity contribution >= 4 is 17.8 Å². The Kier molecular flexibility index (Phi) is 4.47. The Balaban J connectivity index is 2.71. The minimum absolute atomic E-state index is 0.0384. The van der Waals surface area contributed by atoms with Crippen molar-refractivity contribution in [3.8, 4) is 0 Å². The highest BCUT2D eigenvalue weighted by atomic mass is 16.4. The molecule has 0 aliphatic carbocycles. The van der Waals surface area contributed by atoms with Gasteiger partial charge in [-0.3, -0.25) is 9.59 Å². The molecule has 0 bridgehead atoms. The Hall–Kier alpha value is -2.31. The number of nitrogens with one attached hydrogen (secondary N) is 1. The van der Waals surface area contributed by atoms with Crippen LogP contribution in [0.3, 0.4) is 0 Å². The van der Waals surface area contributed by atoms with E-state index in [1.54, 1.807) is 6.07 Å². The number of hydrogen-bond acceptors (Lipinski definition) is 4. The molecule has 7 heteroatoms. The van der Waals surface area contributed by atoms with Crippen molar-refractivity contribution in [2.24, 2.45) is 0 Å². The molecule has 0 radical (unpaired) electrons. The van der Waals surface area contributed by atoms with Crippen molar-refractivity contribution in [3.63, 3.8) is 0 Å². The maximum atomic E-state index is 11.6. The highest BCUT2D eigenvalue weighted by molar-refractivity contribution is 5.95. The summed E-state index contributed by atoms with van der Waals surface area (Å²) < 4.78 is 5.13. The molecule has 0 spiro atoms. The molecule has 1 rings (SSSR count). The second-order valence-electron chi connectivity index (χ2n) is 3.58. The molecule has 1 aromatic rings. The Morgan fingerprint density at radius 1 is 1.33 bits per heavy atom. The van der Waals surface area contributed by atoms with Crippen LogP contribution in [0.15, 0.2) is 16.5 Å². The number of furan rings is 1. The summed E-state index contributed by atoms with van der Waals surface area (Å²) in [4.78, 5) is 32.8. The standard InChI is InChI=1S/C11H13NO6/c1-2-6-3-4-8(18-6)10(15)12-7(11(16)17)5-9(13)14/h3-4,7H,2,5H2,1H3,(H,12,15)(H,13,14)(H,16,17)/t7-/m1/s1. The van der Waals surface area contributed by atoms with Crippen molar-refractivity contribution in [1.29, 1.82) is 0 Å². The fraction of sp³-hybridized carbons (Fsp3) is 0.364. The number of carboxylic acids is 2. The number of hydrogen-bond donors (Lipinski definition) is 3. The van der Waals surface area contributed by atoms with Crippen molar-refractivity contribution in [2.45, 2.75) is 25.8 Å². The lowest BCUT2D eigenvalue weighted by Crippen LogP contribution is -2.42. The summed E-state index contributed by atoms with van der Waals surface area (Å²) in [5, 5.41) is 19.4. The van der Waals surface area contributed by atoms with E-state index in [1.807, 2.05) is 6.92 Å². The average Bonchev–Trinajstić information content (AvgIpc) is 2.75. The van der Waals surface area contributed by atoms with Crippen LogP contribution in [0.4, 0.5) is 0 Å². The van der Waals surface area contributed by atoms with Gasteiger partial charge in [-0.2, -0.15) is 0 Å². The monoisotopic (exact) mass is 255 g/mol. The molecule has 1 atom stereocenters. The van der Waals surface area contributed by atoms with E-state index in [0.29, 0.717) is 12.2 Å². The highest BCUT2D eigenvalue weighted by Crippen LogP contribution is 2.08. The third-order valence-electron chi connectivity index (χ3n) is 2.22. The van der Waals surface area contributed by atoms with Gasteiger partial charge in [-0.15, -0.1) is 0 Å². The molecule has 7 nitrogen and oxygen atoms in total. The van der Waals surface area contributed by atoms with E-state index in [9.17, 15) is 14.4 Å². The zero-order valence-electron chi connectivity index (χ0n) is 9.67. The first-order valence-electron chi connectivity index (χ1n) is 5.28. The Labute approximate surface area is 102 Å². The van der Waals surface area contributed by atoms with Crippen LogP contribution in [0.5, 0.6) is 0 Å². The third kappa shape index (κ3) is 3.62. The lowest BCUT2D eigenvalue weighted by molar-refractivity contribution is -0.145. The average molecular weight is 255 g/mol. The lowest BCUT2D eigenvalue weighted by atomic mass is 10.2. The number of amides is 1. The minimum atomic E-state index is -1.48. The van der Waals surface area contributed by atoms with Crippen molar-refractivity contribution < 1.29 is 29.0 Å². The number of carbonyl (C=O) groups is 3. The van der Waals surface area contributed by atoms with Gasteiger partial charge in [0, 0.05) is 6.42 Å². The SMILES string of the molecule is CCc1ccc(C(=O)N[C@H](CC(=O)O)C(=O)O)o1. The number of rotatable bonds is 6. The van der Waals surface area contributed by atoms with Gasteiger partial charge in [-0.05, 0) is 12.1 Å². The van der Waals surface area contributed by atoms with Crippen LogP contribution in [0.1, 0.15) is 29.7 Å². The topological polar surface area (TPSA) is 117 Å². The van der Waals surface area contributed by atoms with Gasteiger partial charge in [0.15, 0.2) is 5.76 Å². The Morgan fingerprint density at radius 2 is 2.00 bits per heavy atom. The van der Waals surface area contributed by atoms with Crippen LogP contribution in [-0.2, 0) is 16.0 Å². The maximum Gasteiger partial charge on any atom is 0.326 e. The molecule has 0 unspecified atom stereocenters. The Morgan fingerprint density at radius 3 is 2.44 bits per heavy atom. The summed E-state index contributed by atoms with van der Waals surface area (Å²) in [6.07, 6.45) is -0.0901. The summed E-state index contributed by atoms with van der Waals surface area (Å²) in [5.41, 5.74) is 0. The van der Waals surface area contributed by atoms with Gasteiger partial charge in [-0.25, -0.2) is 4.79 Å². The largest absolute Gasteiger partial charge is 0.481 e. The van der Waals surface area contributed by atoms with E-state index in [2.05, 4.69) is 5.32 Å². The fourth-order valence-electron chi connectivity index (χ4n) is 1.29. The molecule has 1 amide bonds. The molecule has 0 fully saturated rings. The van der Waals surface area contributed by atoms with Crippen LogP contribution in [0.2, 0.25) is 0 Å². The van der Waals surface area contributed by atoms with Gasteiger partial charge in [0.2, 0.25) is 0 Å². The molecule has 0 aliphatic heterocycles. The first-order valence-corrected chi connectivity index (χ1v) is 5.28. The predicted molar refractivity (Wildman–Crippen MR) is 59.2 cm³/mol. The number of carbonyl (C=O) groups excluding carboxylic acids is 1. The molecule has 18 heavy (non-hydrogen) atoms. The maximum absolute atomic E-state index is 11.6. The molecule has 1 aromatic heterocycles. The van der Waals surface area contributed by atoms with E-state index >= 15 is 0 Å². The van der Waals surface area contributed by atoms with E-state index in [-0.39, 0.29) is 5.76 Å². The second-order valence-corrected chi connectivity index (χ2v) is 3.58. The summed E-state index contributed by atoms with van der Waals surface area (Å²) in [6.45, 7) is 1.84. The zero-order valence-corrected chi connectivity index (χ0v) is 9.67. The molecule has 0 saturated carbocycles. The van der Waals surface area contributed by atoms with Gasteiger partial charge in [0.1, 0.15) is 11.8 Å². The molecule has 0 aromatic carbocycles. The number of carboxylic acid groups (broad SMARTS) is 2. The minimum Gasteiger partial charge on any atom is -0.481 e. The number of aliphatic carboxylic acids is 2. The van der Waals surface area contributed by atoms with Crippen LogP contribution in [0, 0.1) is 0 Å². The van der Waals surface area contributed by atoms with Gasteiger partial charge in [0.05, 0.1) is 6.42 Å². The quantitative estimate of drug-likeness (QED) is 0.681. The first kappa shape index (κ1) is 13.8. The molecule has 1 heterocycles. The molecule has 0 saturated heterocycles. The van der Waals surface area contributed by atoms with Gasteiger partial charge >= 0.3 is 11.9 Å². The fourth-order valence-corrected chi connectivity index (χ4v) is 1.29. The summed E-state index contributed by atoms with van der Waals surface area (Å²) in [5.74, 6) is -2.92. The van der Waals surface area contributed by atoms with Gasteiger partial charge in [0.25, 0.3) is 5.91 Å². The van der Waals surface area contributed by atoms with Crippen LogP contribution in [0.25, 0.3) is 0 Å². The van der Waals surface area contributed by atoms with E-state index in [0.717, 1.165) is 0 Å². The number of aryl methyl sites for hydroxylation is 1. The summed E-state index contributed by atoms with van der Waals surface area (Å²) in [7, 11) is 0. The molecule has 3 N–H and O–H groups in total. The predicted octanol–water partition coefficient (Wildman–Crippen LogP) is 0.500. The van der Waals surface area contributed by atoms with E-state index < -0.39 is 30.3 Å². The summed E-state index contributed by atoms with van der Waals surface area (Å²) in [6, 6.07) is 1.53. The molecular formula is C11H13NO6. The smallest absolute Gasteiger partial charge is 0.326 e. The zero-order chi connectivity index (χ0) is 13.7. The normalized spacial score (nSPS) is 11.8. The summed E-state index contributed by atoms with van der Waals surface area (Å²) >= 11 is 0. The first-order chi connectivity index (χ1) is 8.43. The Bertz CT molecular complexity index is 464. The lowest BCUT2D eigenvalue weighted by Gasteiger charge is -2.10. The second kappa shape index (κ2) is 5.85. The third-order valence-corrected chi connectivity index (χ3v) is 2.22. The molecular weight excluding hydrogens is 242 g/mol. The van der Waals surface area contributed by atoms with Crippen LogP contribution in [-0.4, -0.2) is 34.1 Å². The molecule has 98 valence electrons. The van der Waals surface area contributed by atoms with Gasteiger partial charge < -0.3 is 19.9 Å².